The number of rotatable bonds is 23. The molecule has 1 atom stereocenters. The van der Waals surface area contributed by atoms with E-state index >= 15 is 0 Å². The Morgan fingerprint density at radius 2 is 0.793 bits per heavy atom. The van der Waals surface area contributed by atoms with Crippen molar-refractivity contribution in [3.05, 3.63) is 0 Å². The first-order valence-corrected chi connectivity index (χ1v) is 16.0. The van der Waals surface area contributed by atoms with Crippen LogP contribution in [0.5, 0.6) is 0 Å². The summed E-state index contributed by atoms with van der Waals surface area (Å²) in [5.74, 6) is 1.05. The van der Waals surface area contributed by atoms with E-state index < -0.39 is 0 Å². The van der Waals surface area contributed by atoms with Gasteiger partial charge in [0.2, 0.25) is 0 Å². The van der Waals surface area contributed by atoms with Crippen molar-refractivity contribution in [3.63, 3.8) is 0 Å². The molecule has 0 aromatic heterocycles. The predicted molar refractivity (Wildman–Crippen MR) is 140 cm³/mol. The normalized spacial score (nSPS) is 13.2. The fourth-order valence-corrected chi connectivity index (χ4v) is 7.62. The summed E-state index contributed by atoms with van der Waals surface area (Å²) in [6.45, 7) is 9.47. The topological polar surface area (TPSA) is 0 Å². The van der Waals surface area contributed by atoms with Crippen molar-refractivity contribution in [2.45, 2.75) is 172 Å². The Labute approximate surface area is 200 Å². The van der Waals surface area contributed by atoms with Crippen LogP contribution < -0.4 is 0 Å². The monoisotopic (exact) mass is 517 g/mol. The second-order valence-electron chi connectivity index (χ2n) is 10.1. The quantitative estimate of drug-likeness (QED) is 0.0933. The molecule has 0 aromatic carbocycles. The molecule has 0 saturated heterocycles. The minimum atomic E-state index is 0.780. The molecule has 1 radical (unpaired) electrons. The molecule has 0 rings (SSSR count). The van der Waals surface area contributed by atoms with E-state index in [-0.39, 0.29) is 0 Å². The van der Waals surface area contributed by atoms with Gasteiger partial charge >= 0.3 is 175 Å². The molecule has 0 aromatic rings. The Morgan fingerprint density at radius 1 is 0.448 bits per heavy atom. The first-order chi connectivity index (χ1) is 14.1. The van der Waals surface area contributed by atoms with Gasteiger partial charge in [-0.15, -0.1) is 0 Å². The molecule has 1 unspecified atom stereocenters. The molecule has 0 amide bonds. The molecule has 0 heterocycles. The summed E-state index contributed by atoms with van der Waals surface area (Å²) in [7, 11) is 0. The summed E-state index contributed by atoms with van der Waals surface area (Å²) in [4.78, 5) is 0. The summed E-state index contributed by atoms with van der Waals surface area (Å²) in [6, 6.07) is 0. The van der Waals surface area contributed by atoms with Crippen molar-refractivity contribution in [2.24, 2.45) is 5.92 Å². The van der Waals surface area contributed by atoms with E-state index in [4.69, 9.17) is 0 Å². The maximum absolute atomic E-state index is 2.39. The zero-order chi connectivity index (χ0) is 21.6. The molecule has 0 saturated carbocycles. The Kier molecular flexibility index (Phi) is 22.6. The van der Waals surface area contributed by atoms with Gasteiger partial charge in [-0.05, 0) is 0 Å². The molecule has 0 aliphatic heterocycles. The van der Waals surface area contributed by atoms with Gasteiger partial charge in [0.15, 0.2) is 0 Å². The Balaban J connectivity index is 4.08. The molecule has 0 aliphatic rings. The molecule has 0 bridgehead atoms. The zero-order valence-corrected chi connectivity index (χ0v) is 25.4. The van der Waals surface area contributed by atoms with Crippen molar-refractivity contribution in [2.75, 3.05) is 0 Å². The molecule has 0 spiro atoms. The van der Waals surface area contributed by atoms with Gasteiger partial charge in [-0.2, -0.15) is 0 Å². The summed E-state index contributed by atoms with van der Waals surface area (Å²) in [6.07, 6.45) is 32.5. The van der Waals surface area contributed by atoms with Gasteiger partial charge in [-0.25, -0.2) is 0 Å². The van der Waals surface area contributed by atoms with Gasteiger partial charge in [0.25, 0.3) is 0 Å². The van der Waals surface area contributed by atoms with Crippen LogP contribution in [0, 0.1) is 5.92 Å². The first kappa shape index (κ1) is 29.8. The van der Waals surface area contributed by atoms with Crippen LogP contribution in [0.1, 0.15) is 169 Å². The number of hydrogen-bond donors (Lipinski definition) is 0. The van der Waals surface area contributed by atoms with Crippen LogP contribution in [0.25, 0.3) is 0 Å². The Morgan fingerprint density at radius 3 is 1.21 bits per heavy atom. The SMILES string of the molecule is CCCCCCCCCCCCCCC(CCCC)[C]([SbH3])(CCCC)CCCC. The minimum absolute atomic E-state index is 0.780. The number of unbranched alkanes of at least 4 members (excludes halogenated alkanes) is 14. The van der Waals surface area contributed by atoms with Crippen LogP contribution in [-0.2, 0) is 0 Å². The van der Waals surface area contributed by atoms with Crippen LogP contribution >= 0.6 is 0 Å². The standard InChI is InChI=1S/C28H57.Sb.3H/c1-5-9-13-14-15-16-17-18-19-20-21-22-26-28(25-12-8-4)27(23-10-6-2)24-11-7-3;;;;/h28H,5-26H2,1-4H3;;;;. The van der Waals surface area contributed by atoms with Gasteiger partial charge in [0, 0.05) is 0 Å². The molecule has 0 nitrogen and oxygen atoms in total. The zero-order valence-electron chi connectivity index (χ0n) is 21.3. The van der Waals surface area contributed by atoms with Crippen molar-refractivity contribution in [1.82, 2.24) is 0 Å². The van der Waals surface area contributed by atoms with Gasteiger partial charge in [0.05, 0.1) is 0 Å². The van der Waals surface area contributed by atoms with Crippen molar-refractivity contribution in [1.29, 1.82) is 0 Å². The second kappa shape index (κ2) is 22.0. The summed E-state index contributed by atoms with van der Waals surface area (Å²) < 4.78 is 0.780. The second-order valence-corrected chi connectivity index (χ2v) is 14.1. The molecule has 29 heavy (non-hydrogen) atoms. The molecule has 1 heteroatoms. The molecule has 0 fully saturated rings. The number of hydrogen-bond acceptors (Lipinski definition) is 0. The van der Waals surface area contributed by atoms with Crippen LogP contribution in [-0.4, -0.2) is 23.0 Å². The third-order valence-corrected chi connectivity index (χ3v) is 10.9. The molecule has 177 valence electrons. The van der Waals surface area contributed by atoms with Gasteiger partial charge in [0.1, 0.15) is 0 Å². The van der Waals surface area contributed by atoms with E-state index in [2.05, 4.69) is 27.7 Å². The fraction of sp³-hybridized carbons (Fsp3) is 1.00. The summed E-state index contributed by atoms with van der Waals surface area (Å²) in [5.41, 5.74) is 0. The molecule has 0 aliphatic carbocycles. The van der Waals surface area contributed by atoms with E-state index in [0.29, 0.717) is 0 Å². The van der Waals surface area contributed by atoms with Crippen molar-refractivity contribution in [3.8, 4) is 0 Å². The molecular weight excluding hydrogens is 458 g/mol. The Hall–Kier alpha value is 0.818. The van der Waals surface area contributed by atoms with Crippen LogP contribution in [0.15, 0.2) is 0 Å². The summed E-state index contributed by atoms with van der Waals surface area (Å²) >= 11 is 1.14. The summed E-state index contributed by atoms with van der Waals surface area (Å²) in [5, 5.41) is 0. The van der Waals surface area contributed by atoms with Gasteiger partial charge in [-0.3, -0.25) is 0 Å². The molecular formula is C28H60Sb. The van der Waals surface area contributed by atoms with E-state index in [1.54, 1.807) is 19.3 Å². The third-order valence-electron chi connectivity index (χ3n) is 7.23. The van der Waals surface area contributed by atoms with E-state index in [1.165, 1.54) is 122 Å². The third kappa shape index (κ3) is 17.1. The maximum atomic E-state index is 2.39. The van der Waals surface area contributed by atoms with Crippen molar-refractivity contribution < 1.29 is 0 Å². The van der Waals surface area contributed by atoms with E-state index in [1.807, 2.05) is 0 Å². The fourth-order valence-electron chi connectivity index (χ4n) is 5.03. The van der Waals surface area contributed by atoms with E-state index in [0.717, 1.165) is 32.3 Å². The predicted octanol–water partition coefficient (Wildman–Crippen LogP) is 9.79. The first-order valence-electron chi connectivity index (χ1n) is 14.0. The van der Waals surface area contributed by atoms with Gasteiger partial charge < -0.3 is 0 Å². The average molecular weight is 519 g/mol. The molecule has 0 N–H and O–H groups in total. The van der Waals surface area contributed by atoms with Crippen LogP contribution in [0.4, 0.5) is 0 Å². The van der Waals surface area contributed by atoms with Crippen LogP contribution in [0.2, 0.25) is 3.36 Å². The Bertz CT molecular complexity index is 303. The van der Waals surface area contributed by atoms with Gasteiger partial charge in [-0.1, -0.05) is 26.2 Å². The average Bonchev–Trinajstić information content (AvgIpc) is 2.73. The van der Waals surface area contributed by atoms with E-state index in [9.17, 15) is 0 Å². The van der Waals surface area contributed by atoms with Crippen LogP contribution in [0.3, 0.4) is 0 Å². The van der Waals surface area contributed by atoms with Crippen molar-refractivity contribution >= 4 is 23.0 Å².